The third-order valence-electron chi connectivity index (χ3n) is 1.80. The molecule has 4 nitrogen and oxygen atoms in total. The van der Waals surface area contributed by atoms with Crippen molar-refractivity contribution < 1.29 is 9.59 Å². The Kier molecular flexibility index (Phi) is 2.46. The van der Waals surface area contributed by atoms with Crippen LogP contribution in [0.2, 0.25) is 0 Å². The van der Waals surface area contributed by atoms with E-state index in [9.17, 15) is 9.59 Å². The van der Waals surface area contributed by atoms with Gasteiger partial charge in [-0.15, -0.1) is 0 Å². The normalized spacial score (nSPS) is 23.4. The van der Waals surface area contributed by atoms with E-state index in [1.165, 1.54) is 6.92 Å². The second-order valence-electron chi connectivity index (χ2n) is 2.70. The summed E-state index contributed by atoms with van der Waals surface area (Å²) in [6.07, 6.45) is 2.57. The number of carbonyl (C=O) groups excluding carboxylic acids is 2. The molecule has 11 heavy (non-hydrogen) atoms. The van der Waals surface area contributed by atoms with E-state index in [2.05, 4.69) is 5.32 Å². The standard InChI is InChI=1S/C7H12N2O2/c1-6(11)8-7-3-2-4-9(7)5-10/h5,7H,2-4H2,1H3,(H,8,11). The van der Waals surface area contributed by atoms with Crippen molar-refractivity contribution >= 4 is 12.3 Å². The lowest BCUT2D eigenvalue weighted by atomic mass is 10.3. The molecule has 62 valence electrons. The smallest absolute Gasteiger partial charge is 0.218 e. The maximum Gasteiger partial charge on any atom is 0.218 e. The Morgan fingerprint density at radius 1 is 1.73 bits per heavy atom. The first kappa shape index (κ1) is 8.04. The van der Waals surface area contributed by atoms with Gasteiger partial charge in [0.25, 0.3) is 0 Å². The predicted molar refractivity (Wildman–Crippen MR) is 39.6 cm³/mol. The number of hydrogen-bond donors (Lipinski definition) is 1. The molecule has 0 bridgehead atoms. The molecule has 0 radical (unpaired) electrons. The Labute approximate surface area is 65.6 Å². The first-order chi connectivity index (χ1) is 5.24. The van der Waals surface area contributed by atoms with Crippen LogP contribution in [0.4, 0.5) is 0 Å². The van der Waals surface area contributed by atoms with Crippen LogP contribution in [0.25, 0.3) is 0 Å². The molecule has 1 rings (SSSR count). The summed E-state index contributed by atoms with van der Waals surface area (Å²) in [5.74, 6) is -0.0799. The van der Waals surface area contributed by atoms with E-state index in [4.69, 9.17) is 0 Å². The van der Waals surface area contributed by atoms with Gasteiger partial charge in [-0.3, -0.25) is 9.59 Å². The molecule has 4 heteroatoms. The molecule has 0 aliphatic carbocycles. The lowest BCUT2D eigenvalue weighted by molar-refractivity contribution is -0.123. The van der Waals surface area contributed by atoms with Gasteiger partial charge < -0.3 is 10.2 Å². The van der Waals surface area contributed by atoms with Gasteiger partial charge >= 0.3 is 0 Å². The van der Waals surface area contributed by atoms with Gasteiger partial charge in [-0.05, 0) is 12.8 Å². The van der Waals surface area contributed by atoms with Crippen molar-refractivity contribution in [2.24, 2.45) is 0 Å². The zero-order valence-corrected chi connectivity index (χ0v) is 6.54. The lowest BCUT2D eigenvalue weighted by Crippen LogP contribution is -2.42. The summed E-state index contributed by atoms with van der Waals surface area (Å²) < 4.78 is 0. The van der Waals surface area contributed by atoms with Crippen LogP contribution >= 0.6 is 0 Å². The Hall–Kier alpha value is -1.06. The second kappa shape index (κ2) is 3.37. The Balaban J connectivity index is 2.43. The van der Waals surface area contributed by atoms with Crippen molar-refractivity contribution in [2.45, 2.75) is 25.9 Å². The molecule has 1 fully saturated rings. The highest BCUT2D eigenvalue weighted by molar-refractivity contribution is 5.73. The van der Waals surface area contributed by atoms with Gasteiger partial charge in [0.1, 0.15) is 6.17 Å². The highest BCUT2D eigenvalue weighted by atomic mass is 16.2. The Bertz CT molecular complexity index is 170. The van der Waals surface area contributed by atoms with Crippen LogP contribution in [0.1, 0.15) is 19.8 Å². The fourth-order valence-electron chi connectivity index (χ4n) is 1.30. The van der Waals surface area contributed by atoms with Crippen LogP contribution in [-0.4, -0.2) is 29.9 Å². The number of hydrogen-bond acceptors (Lipinski definition) is 2. The molecule has 1 heterocycles. The van der Waals surface area contributed by atoms with Crippen LogP contribution in [-0.2, 0) is 9.59 Å². The van der Waals surface area contributed by atoms with Crippen molar-refractivity contribution in [2.75, 3.05) is 6.54 Å². The monoisotopic (exact) mass is 156 g/mol. The highest BCUT2D eigenvalue weighted by Gasteiger charge is 2.22. The van der Waals surface area contributed by atoms with Gasteiger partial charge in [0.05, 0.1) is 0 Å². The van der Waals surface area contributed by atoms with E-state index < -0.39 is 0 Å². The molecule has 0 aromatic carbocycles. The molecular weight excluding hydrogens is 144 g/mol. The molecule has 1 saturated heterocycles. The molecule has 2 amide bonds. The zero-order valence-electron chi connectivity index (χ0n) is 6.54. The molecule has 0 aromatic rings. The van der Waals surface area contributed by atoms with Gasteiger partial charge in [0, 0.05) is 13.5 Å². The van der Waals surface area contributed by atoms with Gasteiger partial charge in [-0.1, -0.05) is 0 Å². The molecule has 1 aliphatic heterocycles. The largest absolute Gasteiger partial charge is 0.336 e. The SMILES string of the molecule is CC(=O)NC1CCCN1C=O. The number of amides is 2. The summed E-state index contributed by atoms with van der Waals surface area (Å²) in [6.45, 7) is 2.22. The first-order valence-corrected chi connectivity index (χ1v) is 3.72. The molecule has 0 saturated carbocycles. The van der Waals surface area contributed by atoms with E-state index in [-0.39, 0.29) is 12.1 Å². The highest BCUT2D eigenvalue weighted by Crippen LogP contribution is 2.11. The third-order valence-corrected chi connectivity index (χ3v) is 1.80. The number of nitrogens with zero attached hydrogens (tertiary/aromatic N) is 1. The van der Waals surface area contributed by atoms with Crippen LogP contribution < -0.4 is 5.32 Å². The summed E-state index contributed by atoms with van der Waals surface area (Å²) >= 11 is 0. The summed E-state index contributed by atoms with van der Waals surface area (Å²) in [7, 11) is 0. The van der Waals surface area contributed by atoms with Crippen LogP contribution in [0.3, 0.4) is 0 Å². The maximum atomic E-state index is 10.6. The molecule has 1 unspecified atom stereocenters. The Morgan fingerprint density at radius 3 is 3.00 bits per heavy atom. The number of nitrogens with one attached hydrogen (secondary N) is 1. The molecule has 1 N–H and O–H groups in total. The quantitative estimate of drug-likeness (QED) is 0.558. The maximum absolute atomic E-state index is 10.6. The minimum absolute atomic E-state index is 0.0648. The number of likely N-dealkylation sites (tertiary alicyclic amines) is 1. The van der Waals surface area contributed by atoms with Gasteiger partial charge in [0.2, 0.25) is 12.3 Å². The minimum atomic E-state index is -0.0799. The number of rotatable bonds is 2. The van der Waals surface area contributed by atoms with Crippen LogP contribution in [0.15, 0.2) is 0 Å². The summed E-state index contributed by atoms with van der Waals surface area (Å²) in [5, 5.41) is 2.70. The fourth-order valence-corrected chi connectivity index (χ4v) is 1.30. The van der Waals surface area contributed by atoms with Crippen molar-refractivity contribution in [3.63, 3.8) is 0 Å². The summed E-state index contributed by atoms with van der Waals surface area (Å²) in [5.41, 5.74) is 0. The molecule has 1 aliphatic rings. The van der Waals surface area contributed by atoms with E-state index in [0.29, 0.717) is 0 Å². The fraction of sp³-hybridized carbons (Fsp3) is 0.714. The Morgan fingerprint density at radius 2 is 2.45 bits per heavy atom. The van der Waals surface area contributed by atoms with Gasteiger partial charge in [-0.2, -0.15) is 0 Å². The molecular formula is C7H12N2O2. The van der Waals surface area contributed by atoms with Crippen molar-refractivity contribution in [3.05, 3.63) is 0 Å². The van der Waals surface area contributed by atoms with E-state index >= 15 is 0 Å². The van der Waals surface area contributed by atoms with Crippen LogP contribution in [0.5, 0.6) is 0 Å². The zero-order chi connectivity index (χ0) is 8.27. The summed E-state index contributed by atoms with van der Waals surface area (Å²) in [4.78, 5) is 22.6. The first-order valence-electron chi connectivity index (χ1n) is 3.72. The van der Waals surface area contributed by atoms with E-state index in [1.54, 1.807) is 4.90 Å². The van der Waals surface area contributed by atoms with Crippen molar-refractivity contribution in [1.82, 2.24) is 10.2 Å². The third kappa shape index (κ3) is 1.93. The van der Waals surface area contributed by atoms with E-state index in [1.807, 2.05) is 0 Å². The topological polar surface area (TPSA) is 49.4 Å². The summed E-state index contributed by atoms with van der Waals surface area (Å²) in [6, 6.07) is 0. The van der Waals surface area contributed by atoms with Gasteiger partial charge in [0.15, 0.2) is 0 Å². The molecule has 0 spiro atoms. The van der Waals surface area contributed by atoms with E-state index in [0.717, 1.165) is 25.8 Å². The minimum Gasteiger partial charge on any atom is -0.336 e. The molecule has 0 aromatic heterocycles. The second-order valence-corrected chi connectivity index (χ2v) is 2.70. The molecule has 1 atom stereocenters. The predicted octanol–water partition coefficient (Wildman–Crippen LogP) is -0.299. The average molecular weight is 156 g/mol. The van der Waals surface area contributed by atoms with Crippen molar-refractivity contribution in [3.8, 4) is 0 Å². The van der Waals surface area contributed by atoms with Crippen LogP contribution in [0, 0.1) is 0 Å². The van der Waals surface area contributed by atoms with Gasteiger partial charge in [-0.25, -0.2) is 0 Å². The number of carbonyl (C=O) groups is 2. The average Bonchev–Trinajstić information content (AvgIpc) is 2.34. The lowest BCUT2D eigenvalue weighted by Gasteiger charge is -2.19. The van der Waals surface area contributed by atoms with Crippen molar-refractivity contribution in [1.29, 1.82) is 0 Å².